The van der Waals surface area contributed by atoms with Gasteiger partial charge in [-0.1, -0.05) is 24.3 Å². The molecule has 1 saturated heterocycles. The van der Waals surface area contributed by atoms with Crippen LogP contribution in [0, 0.1) is 0 Å². The quantitative estimate of drug-likeness (QED) is 0.801. The smallest absolute Gasteiger partial charge is 0.159 e. The second kappa shape index (κ2) is 4.30. The number of benzene rings is 1. The van der Waals surface area contributed by atoms with Crippen molar-refractivity contribution < 1.29 is 0 Å². The van der Waals surface area contributed by atoms with Gasteiger partial charge in [0.25, 0.3) is 0 Å². The molecule has 88 valence electrons. The molecule has 1 aliphatic rings. The number of nitrogens with one attached hydrogen (secondary N) is 1. The van der Waals surface area contributed by atoms with Gasteiger partial charge in [-0.15, -0.1) is 5.10 Å². The summed E-state index contributed by atoms with van der Waals surface area (Å²) in [6.07, 6.45) is 1.83. The molecule has 0 saturated carbocycles. The van der Waals surface area contributed by atoms with Crippen molar-refractivity contribution in [3.8, 4) is 0 Å². The molecule has 0 aliphatic carbocycles. The lowest BCUT2D eigenvalue weighted by molar-refractivity contribution is 0.497. The maximum Gasteiger partial charge on any atom is 0.159 e. The van der Waals surface area contributed by atoms with Gasteiger partial charge >= 0.3 is 0 Å². The molecule has 1 fully saturated rings. The molecule has 1 aromatic heterocycles. The van der Waals surface area contributed by atoms with Gasteiger partial charge < -0.3 is 10.2 Å². The van der Waals surface area contributed by atoms with Crippen LogP contribution in [0.1, 0.15) is 6.92 Å². The number of fused-ring (bicyclic) bond motifs is 1. The molecule has 0 radical (unpaired) electrons. The largest absolute Gasteiger partial charge is 0.349 e. The Balaban J connectivity index is 2.10. The van der Waals surface area contributed by atoms with E-state index in [2.05, 4.69) is 45.5 Å². The molecule has 0 amide bonds. The van der Waals surface area contributed by atoms with E-state index in [0.717, 1.165) is 30.8 Å². The predicted molar refractivity (Wildman–Crippen MR) is 69.2 cm³/mol. The van der Waals surface area contributed by atoms with Crippen LogP contribution >= 0.6 is 0 Å². The molecule has 2 aromatic rings. The standard InChI is InChI=1S/C13H16N4/c1-10-8-14-6-7-17(10)13-12-5-3-2-4-11(12)9-15-16-13/h2-5,9-10,14H,6-8H2,1H3. The highest BCUT2D eigenvalue weighted by Gasteiger charge is 2.21. The van der Waals surface area contributed by atoms with Crippen LogP contribution in [0.25, 0.3) is 10.8 Å². The lowest BCUT2D eigenvalue weighted by atomic mass is 10.1. The summed E-state index contributed by atoms with van der Waals surface area (Å²) < 4.78 is 0. The summed E-state index contributed by atoms with van der Waals surface area (Å²) in [5, 5.41) is 14.2. The van der Waals surface area contributed by atoms with E-state index in [1.807, 2.05) is 12.3 Å². The fourth-order valence-electron chi connectivity index (χ4n) is 2.38. The lowest BCUT2D eigenvalue weighted by Crippen LogP contribution is -2.50. The Kier molecular flexibility index (Phi) is 2.65. The number of nitrogens with zero attached hydrogens (tertiary/aromatic N) is 3. The van der Waals surface area contributed by atoms with Gasteiger partial charge in [0.15, 0.2) is 5.82 Å². The summed E-state index contributed by atoms with van der Waals surface area (Å²) in [6.45, 7) is 5.22. The Morgan fingerprint density at radius 2 is 2.24 bits per heavy atom. The molecule has 0 spiro atoms. The number of hydrogen-bond donors (Lipinski definition) is 1. The van der Waals surface area contributed by atoms with Crippen molar-refractivity contribution in [1.82, 2.24) is 15.5 Å². The number of piperazine rings is 1. The van der Waals surface area contributed by atoms with E-state index in [9.17, 15) is 0 Å². The van der Waals surface area contributed by atoms with Gasteiger partial charge in [-0.2, -0.15) is 5.10 Å². The Labute approximate surface area is 101 Å². The van der Waals surface area contributed by atoms with E-state index in [4.69, 9.17) is 0 Å². The van der Waals surface area contributed by atoms with E-state index in [1.165, 1.54) is 5.39 Å². The average molecular weight is 228 g/mol. The first-order chi connectivity index (χ1) is 8.36. The van der Waals surface area contributed by atoms with Crippen molar-refractivity contribution in [1.29, 1.82) is 0 Å². The van der Waals surface area contributed by atoms with Crippen molar-refractivity contribution in [3.63, 3.8) is 0 Å². The third-order valence-corrected chi connectivity index (χ3v) is 3.32. The third-order valence-electron chi connectivity index (χ3n) is 3.32. The van der Waals surface area contributed by atoms with Crippen LogP contribution in [0.3, 0.4) is 0 Å². The zero-order valence-electron chi connectivity index (χ0n) is 9.93. The fourth-order valence-corrected chi connectivity index (χ4v) is 2.38. The summed E-state index contributed by atoms with van der Waals surface area (Å²) in [5.41, 5.74) is 0. The Morgan fingerprint density at radius 1 is 1.35 bits per heavy atom. The van der Waals surface area contributed by atoms with Gasteiger partial charge in [0.1, 0.15) is 0 Å². The van der Waals surface area contributed by atoms with E-state index in [0.29, 0.717) is 6.04 Å². The van der Waals surface area contributed by atoms with E-state index >= 15 is 0 Å². The number of aromatic nitrogens is 2. The zero-order chi connectivity index (χ0) is 11.7. The molecule has 1 aliphatic heterocycles. The molecule has 1 atom stereocenters. The number of anilines is 1. The molecule has 0 bridgehead atoms. The summed E-state index contributed by atoms with van der Waals surface area (Å²) in [6, 6.07) is 8.76. The van der Waals surface area contributed by atoms with E-state index in [-0.39, 0.29) is 0 Å². The Morgan fingerprint density at radius 3 is 3.12 bits per heavy atom. The van der Waals surface area contributed by atoms with Crippen molar-refractivity contribution in [3.05, 3.63) is 30.5 Å². The van der Waals surface area contributed by atoms with Crippen LogP contribution in [-0.2, 0) is 0 Å². The average Bonchev–Trinajstić information content (AvgIpc) is 2.39. The highest BCUT2D eigenvalue weighted by atomic mass is 15.3. The fraction of sp³-hybridized carbons (Fsp3) is 0.385. The molecule has 4 heteroatoms. The first-order valence-electron chi connectivity index (χ1n) is 6.04. The monoisotopic (exact) mass is 228 g/mol. The lowest BCUT2D eigenvalue weighted by Gasteiger charge is -2.35. The highest BCUT2D eigenvalue weighted by Crippen LogP contribution is 2.24. The van der Waals surface area contributed by atoms with Crippen molar-refractivity contribution in [2.45, 2.75) is 13.0 Å². The van der Waals surface area contributed by atoms with Gasteiger partial charge in [0.2, 0.25) is 0 Å². The second-order valence-electron chi connectivity index (χ2n) is 4.50. The molecule has 3 rings (SSSR count). The number of rotatable bonds is 1. The van der Waals surface area contributed by atoms with Crippen LogP contribution in [0.4, 0.5) is 5.82 Å². The highest BCUT2D eigenvalue weighted by molar-refractivity contribution is 5.91. The van der Waals surface area contributed by atoms with Gasteiger partial charge in [-0.25, -0.2) is 0 Å². The van der Waals surface area contributed by atoms with Crippen LogP contribution in [0.2, 0.25) is 0 Å². The molecule has 17 heavy (non-hydrogen) atoms. The minimum absolute atomic E-state index is 0.462. The summed E-state index contributed by atoms with van der Waals surface area (Å²) in [7, 11) is 0. The van der Waals surface area contributed by atoms with Gasteiger partial charge in [-0.3, -0.25) is 0 Å². The van der Waals surface area contributed by atoms with E-state index in [1.54, 1.807) is 0 Å². The number of hydrogen-bond acceptors (Lipinski definition) is 4. The van der Waals surface area contributed by atoms with Gasteiger partial charge in [-0.05, 0) is 6.92 Å². The maximum absolute atomic E-state index is 4.33. The van der Waals surface area contributed by atoms with Gasteiger partial charge in [0, 0.05) is 36.4 Å². The summed E-state index contributed by atoms with van der Waals surface area (Å²) >= 11 is 0. The molecular formula is C13H16N4. The van der Waals surface area contributed by atoms with Crippen molar-refractivity contribution >= 4 is 16.6 Å². The molecule has 1 N–H and O–H groups in total. The molecule has 1 aromatic carbocycles. The minimum Gasteiger partial charge on any atom is -0.349 e. The second-order valence-corrected chi connectivity index (χ2v) is 4.50. The first kappa shape index (κ1) is 10.5. The van der Waals surface area contributed by atoms with Gasteiger partial charge in [0.05, 0.1) is 6.20 Å². The zero-order valence-corrected chi connectivity index (χ0v) is 9.93. The van der Waals surface area contributed by atoms with Crippen molar-refractivity contribution in [2.75, 3.05) is 24.5 Å². The third kappa shape index (κ3) is 1.85. The van der Waals surface area contributed by atoms with Crippen molar-refractivity contribution in [2.24, 2.45) is 0 Å². The molecule has 4 nitrogen and oxygen atoms in total. The topological polar surface area (TPSA) is 41.0 Å². The Bertz CT molecular complexity index is 520. The molecule has 2 heterocycles. The summed E-state index contributed by atoms with van der Waals surface area (Å²) in [5.74, 6) is 1.01. The predicted octanol–water partition coefficient (Wildman–Crippen LogP) is 1.43. The van der Waals surface area contributed by atoms with Crippen LogP contribution in [-0.4, -0.2) is 35.9 Å². The molecular weight excluding hydrogens is 212 g/mol. The SMILES string of the molecule is CC1CNCCN1c1nncc2ccccc12. The summed E-state index contributed by atoms with van der Waals surface area (Å²) in [4.78, 5) is 2.34. The minimum atomic E-state index is 0.462. The van der Waals surface area contributed by atoms with E-state index < -0.39 is 0 Å². The Hall–Kier alpha value is -1.68. The van der Waals surface area contributed by atoms with Crippen LogP contribution in [0.15, 0.2) is 30.5 Å². The van der Waals surface area contributed by atoms with Crippen LogP contribution < -0.4 is 10.2 Å². The first-order valence-corrected chi connectivity index (χ1v) is 6.04. The normalized spacial score (nSPS) is 20.8. The maximum atomic E-state index is 4.33. The molecule has 1 unspecified atom stereocenters. The van der Waals surface area contributed by atoms with Crippen LogP contribution in [0.5, 0.6) is 0 Å².